The van der Waals surface area contributed by atoms with Crippen LogP contribution in [0.15, 0.2) is 42.6 Å². The van der Waals surface area contributed by atoms with Crippen LogP contribution >= 0.6 is 0 Å². The second kappa shape index (κ2) is 14.0. The first-order chi connectivity index (χ1) is 24.2. The number of benzene rings is 1. The zero-order chi connectivity index (χ0) is 36.7. The summed E-state index contributed by atoms with van der Waals surface area (Å²) in [6.45, 7) is 5.48. The van der Waals surface area contributed by atoms with Gasteiger partial charge in [-0.15, -0.1) is 0 Å². The molecule has 2 aliphatic heterocycles. The first-order valence-electron chi connectivity index (χ1n) is 17.6. The molecule has 4 N–H and O–H groups in total. The molecule has 15 heteroatoms. The Morgan fingerprint density at radius 3 is 2.63 bits per heavy atom. The Balaban J connectivity index is 1.35. The van der Waals surface area contributed by atoms with E-state index in [2.05, 4.69) is 27.3 Å². The van der Waals surface area contributed by atoms with E-state index in [0.717, 1.165) is 11.8 Å². The quantitative estimate of drug-likeness (QED) is 0.293. The van der Waals surface area contributed by atoms with Crippen molar-refractivity contribution in [2.45, 2.75) is 101 Å². The van der Waals surface area contributed by atoms with E-state index in [1.165, 1.54) is 4.90 Å². The monoisotopic (exact) mass is 725 g/mol. The van der Waals surface area contributed by atoms with Gasteiger partial charge in [0, 0.05) is 23.9 Å². The second-order valence-corrected chi connectivity index (χ2v) is 17.0. The van der Waals surface area contributed by atoms with E-state index in [0.29, 0.717) is 49.1 Å². The molecular formula is C36H47N5O9S. The van der Waals surface area contributed by atoms with Crippen LogP contribution in [-0.4, -0.2) is 89.4 Å². The van der Waals surface area contributed by atoms with Gasteiger partial charge in [-0.1, -0.05) is 32.4 Å². The summed E-state index contributed by atoms with van der Waals surface area (Å²) in [6, 6.07) is 4.94. The van der Waals surface area contributed by atoms with Gasteiger partial charge in [0.05, 0.1) is 18.4 Å². The van der Waals surface area contributed by atoms with Crippen molar-refractivity contribution in [2.75, 3.05) is 13.7 Å². The number of nitrogens with one attached hydrogen (secondary N) is 3. The minimum atomic E-state index is -4.00. The van der Waals surface area contributed by atoms with Crippen LogP contribution in [0, 0.1) is 17.8 Å². The van der Waals surface area contributed by atoms with Crippen LogP contribution in [0.5, 0.6) is 11.6 Å². The molecule has 14 nitrogen and oxygen atoms in total. The first kappa shape index (κ1) is 36.4. The molecule has 1 saturated heterocycles. The highest BCUT2D eigenvalue weighted by molar-refractivity contribution is 7.91. The van der Waals surface area contributed by atoms with Crippen LogP contribution in [0.1, 0.15) is 72.1 Å². The van der Waals surface area contributed by atoms with Crippen molar-refractivity contribution in [3.63, 3.8) is 0 Å². The zero-order valence-electron chi connectivity index (χ0n) is 29.4. The van der Waals surface area contributed by atoms with Gasteiger partial charge >= 0.3 is 6.09 Å². The number of pyridine rings is 1. The number of aromatic nitrogens is 1. The SMILES string of the molecule is CC[C@@H]1C[C@@H](C)CC/C=C\C2C[C@@]2(C(=O)NS(=O)(=O)C2(C)CC2)NC(=O)[C@@H]2C[C@@H](Oc3nccc4cc(OC)ccc34)CN2C(=O)[C@H]1NC(=O)O. The predicted octanol–water partition coefficient (Wildman–Crippen LogP) is 3.50. The third-order valence-electron chi connectivity index (χ3n) is 11.1. The minimum Gasteiger partial charge on any atom is -0.497 e. The summed E-state index contributed by atoms with van der Waals surface area (Å²) >= 11 is 0. The number of carboxylic acid groups (broad SMARTS) is 1. The third kappa shape index (κ3) is 7.35. The van der Waals surface area contributed by atoms with Crippen molar-refractivity contribution in [2.24, 2.45) is 17.8 Å². The lowest BCUT2D eigenvalue weighted by Crippen LogP contribution is -2.59. The van der Waals surface area contributed by atoms with Crippen molar-refractivity contribution in [3.05, 3.63) is 42.6 Å². The number of hydrogen-bond acceptors (Lipinski definition) is 9. The number of methoxy groups -OCH3 is 1. The maximum Gasteiger partial charge on any atom is 0.405 e. The molecule has 1 aromatic carbocycles. The highest BCUT2D eigenvalue weighted by Crippen LogP contribution is 2.47. The molecule has 6 rings (SSSR count). The maximum absolute atomic E-state index is 14.5. The standard InChI is InChI=1S/C36H47N5O9S/c1-5-22-16-21(2)8-6-7-9-24-19-36(24,33(44)40-51(47,48)35(3)13-14-35)39-30(42)28-18-26(20-41(28)32(43)29(22)38-34(45)46)50-31-27-11-10-25(49-4)17-23(27)12-15-37-31/h7,9-12,15,17,21-22,24,26,28-29,38H,5-6,8,13-14,16,18-20H2,1-4H3,(H,39,42)(H,40,44)(H,45,46)/b9-7-/t21-,22+,24?,26+,28-,29-,36+/m0/s1. The summed E-state index contributed by atoms with van der Waals surface area (Å²) in [4.78, 5) is 60.4. The van der Waals surface area contributed by atoms with Crippen molar-refractivity contribution < 1.29 is 42.2 Å². The number of fused-ring (bicyclic) bond motifs is 3. The summed E-state index contributed by atoms with van der Waals surface area (Å²) in [7, 11) is -2.43. The van der Waals surface area contributed by atoms with Crippen LogP contribution in [0.3, 0.4) is 0 Å². The van der Waals surface area contributed by atoms with Gasteiger partial charge < -0.3 is 30.1 Å². The topological polar surface area (TPSA) is 193 Å². The molecule has 1 aromatic heterocycles. The molecule has 2 aromatic rings. The molecule has 1 unspecified atom stereocenters. The van der Waals surface area contributed by atoms with Gasteiger partial charge in [0.15, 0.2) is 0 Å². The summed E-state index contributed by atoms with van der Waals surface area (Å²) in [5.41, 5.74) is -1.54. The number of ether oxygens (including phenoxy) is 2. The fourth-order valence-corrected chi connectivity index (χ4v) is 8.77. The number of carbonyl (C=O) groups is 4. The average molecular weight is 726 g/mol. The Kier molecular flexibility index (Phi) is 9.96. The highest BCUT2D eigenvalue weighted by atomic mass is 32.2. The molecule has 4 amide bonds. The number of nitrogens with zero attached hydrogens (tertiary/aromatic N) is 2. The van der Waals surface area contributed by atoms with Crippen LogP contribution in [0.25, 0.3) is 10.8 Å². The van der Waals surface area contributed by atoms with E-state index >= 15 is 0 Å². The van der Waals surface area contributed by atoms with E-state index in [1.807, 2.05) is 37.3 Å². The summed E-state index contributed by atoms with van der Waals surface area (Å²) < 4.78 is 39.1. The number of sulfonamides is 1. The van der Waals surface area contributed by atoms with E-state index in [1.54, 1.807) is 26.3 Å². The Morgan fingerprint density at radius 1 is 1.18 bits per heavy atom. The Labute approximate surface area is 297 Å². The molecule has 7 atom stereocenters. The van der Waals surface area contributed by atoms with Gasteiger partial charge in [-0.05, 0) is 86.9 Å². The van der Waals surface area contributed by atoms with Crippen LogP contribution in [0.2, 0.25) is 0 Å². The van der Waals surface area contributed by atoms with Gasteiger partial charge in [-0.3, -0.25) is 19.1 Å². The summed E-state index contributed by atoms with van der Waals surface area (Å²) in [5, 5.41) is 16.6. The minimum absolute atomic E-state index is 0.0212. The lowest BCUT2D eigenvalue weighted by Gasteiger charge is -2.33. The highest BCUT2D eigenvalue weighted by Gasteiger charge is 2.63. The Hall–Kier alpha value is -4.40. The molecule has 2 aliphatic carbocycles. The third-order valence-corrected chi connectivity index (χ3v) is 13.3. The van der Waals surface area contributed by atoms with Gasteiger partial charge in [0.2, 0.25) is 27.7 Å². The van der Waals surface area contributed by atoms with Gasteiger partial charge in [-0.25, -0.2) is 18.2 Å². The lowest BCUT2D eigenvalue weighted by molar-refractivity contribution is -0.142. The van der Waals surface area contributed by atoms with Gasteiger partial charge in [0.25, 0.3) is 5.91 Å². The fraction of sp³-hybridized carbons (Fsp3) is 0.583. The van der Waals surface area contributed by atoms with E-state index in [9.17, 15) is 32.7 Å². The number of hydrogen-bond donors (Lipinski definition) is 4. The number of rotatable bonds is 8. The molecule has 0 radical (unpaired) electrons. The van der Waals surface area contributed by atoms with E-state index < -0.39 is 68.2 Å². The lowest BCUT2D eigenvalue weighted by atomic mass is 9.85. The fourth-order valence-electron chi connectivity index (χ4n) is 7.46. The molecule has 0 spiro atoms. The molecular weight excluding hydrogens is 678 g/mol. The van der Waals surface area contributed by atoms with Crippen molar-refractivity contribution in [1.29, 1.82) is 0 Å². The van der Waals surface area contributed by atoms with Crippen molar-refractivity contribution in [1.82, 2.24) is 25.2 Å². The Morgan fingerprint density at radius 2 is 1.94 bits per heavy atom. The first-order valence-corrected chi connectivity index (χ1v) is 19.1. The van der Waals surface area contributed by atoms with E-state index in [4.69, 9.17) is 9.47 Å². The molecule has 2 saturated carbocycles. The molecule has 3 heterocycles. The van der Waals surface area contributed by atoms with Crippen LogP contribution in [0.4, 0.5) is 4.79 Å². The van der Waals surface area contributed by atoms with Crippen LogP contribution in [-0.2, 0) is 24.4 Å². The molecule has 276 valence electrons. The molecule has 51 heavy (non-hydrogen) atoms. The molecule has 0 bridgehead atoms. The summed E-state index contributed by atoms with van der Waals surface area (Å²) in [6.07, 6.45) is 6.87. The normalized spacial score (nSPS) is 31.2. The number of allylic oxidation sites excluding steroid dienone is 1. The molecule has 4 aliphatic rings. The molecule has 3 fully saturated rings. The van der Waals surface area contributed by atoms with Crippen molar-refractivity contribution in [3.8, 4) is 11.6 Å². The maximum atomic E-state index is 14.5. The Bertz CT molecular complexity index is 1850. The number of amides is 4. The smallest absolute Gasteiger partial charge is 0.405 e. The summed E-state index contributed by atoms with van der Waals surface area (Å²) in [5.74, 6) is -1.77. The number of carbonyl (C=O) groups excluding carboxylic acids is 3. The van der Waals surface area contributed by atoms with E-state index in [-0.39, 0.29) is 31.2 Å². The van der Waals surface area contributed by atoms with Gasteiger partial charge in [-0.2, -0.15) is 0 Å². The zero-order valence-corrected chi connectivity index (χ0v) is 30.2. The van der Waals surface area contributed by atoms with Crippen molar-refractivity contribution >= 4 is 44.6 Å². The predicted molar refractivity (Wildman–Crippen MR) is 187 cm³/mol. The second-order valence-electron chi connectivity index (χ2n) is 14.8. The van der Waals surface area contributed by atoms with Gasteiger partial charge in [0.1, 0.15) is 29.5 Å². The largest absolute Gasteiger partial charge is 0.497 e. The average Bonchev–Trinajstić information content (AvgIpc) is 3.97. The van der Waals surface area contributed by atoms with Crippen LogP contribution < -0.4 is 24.8 Å².